The van der Waals surface area contributed by atoms with Gasteiger partial charge in [0.2, 0.25) is 0 Å². The molecule has 0 spiro atoms. The Hall–Kier alpha value is -1.52. The van der Waals surface area contributed by atoms with Crippen LogP contribution in [0.25, 0.3) is 21.5 Å². The minimum absolute atomic E-state index is 0. The summed E-state index contributed by atoms with van der Waals surface area (Å²) in [5, 5.41) is 3.73. The van der Waals surface area contributed by atoms with Crippen molar-refractivity contribution in [3.05, 3.63) is 83.9 Å². The molecule has 6 nitrogen and oxygen atoms in total. The van der Waals surface area contributed by atoms with Crippen LogP contribution in [0.1, 0.15) is 102 Å². The van der Waals surface area contributed by atoms with E-state index < -0.39 is 20.2 Å². The molecule has 0 bridgehead atoms. The molecule has 0 amide bonds. The number of aryl methyl sites for hydroxylation is 2. The van der Waals surface area contributed by atoms with Gasteiger partial charge in [-0.1, -0.05) is 127 Å². The smallest absolute Gasteiger partial charge is 0.744 e. The molecule has 9 heteroatoms. The molecule has 0 unspecified atom stereocenters. The van der Waals surface area contributed by atoms with E-state index in [0.29, 0.717) is 0 Å². The summed E-state index contributed by atoms with van der Waals surface area (Å²) in [6.07, 6.45) is 17.0. The van der Waals surface area contributed by atoms with Crippen molar-refractivity contribution in [1.82, 2.24) is 0 Å². The van der Waals surface area contributed by atoms with Gasteiger partial charge in [0, 0.05) is 0 Å². The van der Waals surface area contributed by atoms with Crippen molar-refractivity contribution >= 4 is 79.5 Å². The summed E-state index contributed by atoms with van der Waals surface area (Å²) >= 11 is 0. The van der Waals surface area contributed by atoms with E-state index in [-0.39, 0.29) is 47.5 Å². The molecular formula is C36H46CaO6S2. The first-order chi connectivity index (χ1) is 21.0. The minimum atomic E-state index is -4.39. The zero-order valence-electron chi connectivity index (χ0n) is 26.8. The number of benzene rings is 4. The van der Waals surface area contributed by atoms with Crippen molar-refractivity contribution in [2.45, 2.75) is 114 Å². The predicted molar refractivity (Wildman–Crippen MR) is 184 cm³/mol. The van der Waals surface area contributed by atoms with Crippen molar-refractivity contribution < 1.29 is 25.9 Å². The first-order valence-electron chi connectivity index (χ1n) is 16.0. The molecule has 0 radical (unpaired) electrons. The zero-order chi connectivity index (χ0) is 32.0. The largest absolute Gasteiger partial charge is 2.00 e. The molecule has 0 N–H and O–H groups in total. The zero-order valence-corrected chi connectivity index (χ0v) is 30.6. The monoisotopic (exact) mass is 678 g/mol. The van der Waals surface area contributed by atoms with Crippen LogP contribution >= 0.6 is 0 Å². The second-order valence-electron chi connectivity index (χ2n) is 11.5. The van der Waals surface area contributed by atoms with E-state index >= 15 is 0 Å². The van der Waals surface area contributed by atoms with Crippen LogP contribution in [-0.4, -0.2) is 63.7 Å². The van der Waals surface area contributed by atoms with Gasteiger partial charge in [-0.05, 0) is 82.6 Å². The number of hydrogen-bond donors (Lipinski definition) is 0. The molecule has 4 aromatic carbocycles. The number of fused-ring (bicyclic) bond motifs is 2. The van der Waals surface area contributed by atoms with Crippen LogP contribution in [-0.2, 0) is 33.1 Å². The average Bonchev–Trinajstić information content (AvgIpc) is 2.99. The van der Waals surface area contributed by atoms with E-state index in [4.69, 9.17) is 0 Å². The molecule has 0 saturated carbocycles. The minimum Gasteiger partial charge on any atom is -0.744 e. The summed E-state index contributed by atoms with van der Waals surface area (Å²) in [6.45, 7) is 4.43. The Morgan fingerprint density at radius 1 is 0.489 bits per heavy atom. The van der Waals surface area contributed by atoms with Gasteiger partial charge in [0.1, 0.15) is 20.2 Å². The van der Waals surface area contributed by atoms with Gasteiger partial charge in [0.05, 0.1) is 9.79 Å². The summed E-state index contributed by atoms with van der Waals surface area (Å²) in [4.78, 5) is -0.312. The fourth-order valence-corrected chi connectivity index (χ4v) is 6.61. The normalized spacial score (nSPS) is 11.6. The maximum absolute atomic E-state index is 11.1. The Morgan fingerprint density at radius 2 is 0.844 bits per heavy atom. The Bertz CT molecular complexity index is 1570. The topological polar surface area (TPSA) is 114 Å². The van der Waals surface area contributed by atoms with Crippen LogP contribution in [0.3, 0.4) is 0 Å². The molecule has 0 aliphatic rings. The van der Waals surface area contributed by atoms with Crippen molar-refractivity contribution in [2.75, 3.05) is 0 Å². The third kappa shape index (κ3) is 13.3. The fraction of sp³-hybridized carbons (Fsp3) is 0.444. The molecule has 4 rings (SSSR count). The molecule has 240 valence electrons. The maximum Gasteiger partial charge on any atom is 2.00 e. The number of unbranched alkanes of at least 4 members (excludes halogenated alkanes) is 10. The molecule has 0 heterocycles. The molecule has 0 aliphatic carbocycles. The Kier molecular flexibility index (Phi) is 17.6. The van der Waals surface area contributed by atoms with Crippen LogP contribution in [0.2, 0.25) is 0 Å². The Balaban J connectivity index is 0.000000307. The van der Waals surface area contributed by atoms with Gasteiger partial charge in [0.15, 0.2) is 0 Å². The molecule has 45 heavy (non-hydrogen) atoms. The summed E-state index contributed by atoms with van der Waals surface area (Å²) in [5.74, 6) is 0. The molecule has 0 fully saturated rings. The quantitative estimate of drug-likeness (QED) is 0.0664. The van der Waals surface area contributed by atoms with E-state index in [1.807, 2.05) is 24.3 Å². The van der Waals surface area contributed by atoms with Gasteiger partial charge in [-0.3, -0.25) is 0 Å². The Labute approximate surface area is 300 Å². The van der Waals surface area contributed by atoms with Gasteiger partial charge in [-0.2, -0.15) is 0 Å². The van der Waals surface area contributed by atoms with Gasteiger partial charge in [-0.25, -0.2) is 16.8 Å². The third-order valence-corrected chi connectivity index (χ3v) is 9.72. The van der Waals surface area contributed by atoms with Crippen molar-refractivity contribution in [3.63, 3.8) is 0 Å². The Morgan fingerprint density at radius 3 is 1.20 bits per heavy atom. The average molecular weight is 679 g/mol. The number of hydrogen-bond acceptors (Lipinski definition) is 6. The summed E-state index contributed by atoms with van der Waals surface area (Å²) < 4.78 is 66.6. The van der Waals surface area contributed by atoms with Crippen LogP contribution in [0.4, 0.5) is 0 Å². The van der Waals surface area contributed by atoms with Crippen LogP contribution in [0.15, 0.2) is 82.6 Å². The maximum atomic E-state index is 11.1. The summed E-state index contributed by atoms with van der Waals surface area (Å²) in [6, 6.07) is 21.0. The number of rotatable bonds is 16. The van der Waals surface area contributed by atoms with Gasteiger partial charge in [-0.15, -0.1) is 0 Å². The standard InChI is InChI=1S/2C18H24O3S.Ca/c2*1-2-3-4-5-6-7-9-15-10-8-11-16-14-17(22(19,20)21)12-13-18(15)16;/h2*8,10-14H,2-7,9H2,1H3,(H,19,20,21);/q;;+2/p-2. The SMILES string of the molecule is CCCCCCCCc1cccc2cc(S(=O)(=O)[O-])ccc12.CCCCCCCCc1cccc2cc(S(=O)(=O)[O-])ccc12.[Ca+2]. The van der Waals surface area contributed by atoms with Crippen LogP contribution in [0.5, 0.6) is 0 Å². The van der Waals surface area contributed by atoms with Crippen LogP contribution < -0.4 is 0 Å². The van der Waals surface area contributed by atoms with E-state index in [1.54, 1.807) is 12.1 Å². The molecule has 4 aromatic rings. The second-order valence-corrected chi connectivity index (χ2v) is 14.3. The van der Waals surface area contributed by atoms with E-state index in [9.17, 15) is 25.9 Å². The van der Waals surface area contributed by atoms with Crippen LogP contribution in [0, 0.1) is 0 Å². The fourth-order valence-electron chi connectivity index (χ4n) is 5.60. The first kappa shape index (κ1) is 39.7. The summed E-state index contributed by atoms with van der Waals surface area (Å²) in [7, 11) is -8.77. The van der Waals surface area contributed by atoms with Gasteiger partial charge >= 0.3 is 37.7 Å². The summed E-state index contributed by atoms with van der Waals surface area (Å²) in [5.41, 5.74) is 2.45. The molecule has 0 atom stereocenters. The van der Waals surface area contributed by atoms with Crippen molar-refractivity contribution in [1.29, 1.82) is 0 Å². The van der Waals surface area contributed by atoms with Crippen molar-refractivity contribution in [3.8, 4) is 0 Å². The van der Waals surface area contributed by atoms with E-state index in [0.717, 1.165) is 47.2 Å². The molecule has 0 aliphatic heterocycles. The second kappa shape index (κ2) is 20.0. The van der Waals surface area contributed by atoms with Gasteiger partial charge < -0.3 is 9.11 Å². The van der Waals surface area contributed by atoms with E-state index in [1.165, 1.54) is 99.6 Å². The molecule has 0 saturated heterocycles. The molecular weight excluding hydrogens is 633 g/mol. The van der Waals surface area contributed by atoms with Gasteiger partial charge in [0.25, 0.3) is 0 Å². The molecule has 0 aromatic heterocycles. The van der Waals surface area contributed by atoms with E-state index in [2.05, 4.69) is 26.0 Å². The predicted octanol–water partition coefficient (Wildman–Crippen LogP) is 8.91. The third-order valence-electron chi connectivity index (χ3n) is 8.06. The first-order valence-corrected chi connectivity index (χ1v) is 18.8. The van der Waals surface area contributed by atoms with Crippen molar-refractivity contribution in [2.24, 2.45) is 0 Å².